The molecule has 1 aliphatic heterocycles. The molecule has 1 atom stereocenters. The zero-order valence-electron chi connectivity index (χ0n) is 16.1. The van der Waals surface area contributed by atoms with Crippen LogP contribution >= 0.6 is 0 Å². The highest BCUT2D eigenvalue weighted by Crippen LogP contribution is 2.29. The third-order valence-corrected chi connectivity index (χ3v) is 6.22. The van der Waals surface area contributed by atoms with E-state index in [-0.39, 0.29) is 29.0 Å². The highest BCUT2D eigenvalue weighted by Gasteiger charge is 2.32. The molecule has 3 rings (SSSR count). The quantitative estimate of drug-likeness (QED) is 0.766. The van der Waals surface area contributed by atoms with Gasteiger partial charge in [-0.05, 0) is 37.1 Å². The van der Waals surface area contributed by atoms with Crippen LogP contribution in [0.2, 0.25) is 0 Å². The number of hydrogen-bond acceptors (Lipinski definition) is 5. The molecule has 7 nitrogen and oxygen atoms in total. The molecule has 8 heteroatoms. The van der Waals surface area contributed by atoms with Gasteiger partial charge in [0.25, 0.3) is 0 Å². The van der Waals surface area contributed by atoms with Crippen LogP contribution in [0.3, 0.4) is 0 Å². The smallest absolute Gasteiger partial charge is 0.244 e. The Morgan fingerprint density at radius 3 is 2.46 bits per heavy atom. The second-order valence-corrected chi connectivity index (χ2v) is 8.51. The molecule has 2 aromatic carbocycles. The third kappa shape index (κ3) is 4.28. The first kappa shape index (κ1) is 20.2. The van der Waals surface area contributed by atoms with E-state index in [1.54, 1.807) is 17.0 Å². The summed E-state index contributed by atoms with van der Waals surface area (Å²) in [5.74, 6) is 0.534. The van der Waals surface area contributed by atoms with Gasteiger partial charge in [0.15, 0.2) is 0 Å². The largest absolute Gasteiger partial charge is 0.497 e. The molecule has 1 amide bonds. The van der Waals surface area contributed by atoms with Crippen molar-refractivity contribution in [2.75, 3.05) is 32.2 Å². The second kappa shape index (κ2) is 8.20. The van der Waals surface area contributed by atoms with Gasteiger partial charge in [-0.25, -0.2) is 13.1 Å². The molecule has 1 saturated heterocycles. The minimum absolute atomic E-state index is 0.00740. The fourth-order valence-corrected chi connectivity index (χ4v) is 4.49. The van der Waals surface area contributed by atoms with E-state index >= 15 is 0 Å². The van der Waals surface area contributed by atoms with E-state index in [1.807, 2.05) is 31.2 Å². The van der Waals surface area contributed by atoms with Crippen LogP contribution in [-0.4, -0.2) is 41.6 Å². The number of hydrogen-bond donors (Lipinski definition) is 1. The van der Waals surface area contributed by atoms with Crippen LogP contribution < -0.4 is 19.1 Å². The molecule has 1 fully saturated rings. The van der Waals surface area contributed by atoms with Gasteiger partial charge in [-0.1, -0.05) is 17.7 Å². The van der Waals surface area contributed by atoms with E-state index in [0.29, 0.717) is 18.7 Å². The van der Waals surface area contributed by atoms with Crippen LogP contribution in [0.15, 0.2) is 47.4 Å². The normalized spacial score (nSPS) is 17.0. The first-order chi connectivity index (χ1) is 13.3. The number of benzene rings is 2. The fourth-order valence-electron chi connectivity index (χ4n) is 3.19. The molecule has 0 unspecified atom stereocenters. The molecular formula is C20H24N2O5S. The molecule has 28 heavy (non-hydrogen) atoms. The van der Waals surface area contributed by atoms with Crippen molar-refractivity contribution in [3.05, 3.63) is 48.0 Å². The summed E-state index contributed by atoms with van der Waals surface area (Å²) < 4.78 is 38.4. The van der Waals surface area contributed by atoms with Crippen LogP contribution in [0.1, 0.15) is 12.0 Å². The van der Waals surface area contributed by atoms with Gasteiger partial charge in [0.1, 0.15) is 16.4 Å². The summed E-state index contributed by atoms with van der Waals surface area (Å²) in [5.41, 5.74) is 1.95. The average molecular weight is 404 g/mol. The van der Waals surface area contributed by atoms with Gasteiger partial charge in [-0.2, -0.15) is 0 Å². The molecular weight excluding hydrogens is 380 g/mol. The van der Waals surface area contributed by atoms with Gasteiger partial charge in [-0.3, -0.25) is 4.79 Å². The number of rotatable bonds is 7. The summed E-state index contributed by atoms with van der Waals surface area (Å²) in [6, 6.07) is 12.3. The lowest BCUT2D eigenvalue weighted by molar-refractivity contribution is -0.117. The number of carbonyl (C=O) groups excluding carboxylic acids is 1. The summed E-state index contributed by atoms with van der Waals surface area (Å²) in [6.45, 7) is 2.62. The molecule has 2 aromatic rings. The summed E-state index contributed by atoms with van der Waals surface area (Å²) in [4.78, 5) is 14.1. The molecule has 1 N–H and O–H groups in total. The predicted octanol–water partition coefficient (Wildman–Crippen LogP) is 2.34. The minimum Gasteiger partial charge on any atom is -0.497 e. The van der Waals surface area contributed by atoms with E-state index in [4.69, 9.17) is 9.47 Å². The molecule has 0 aromatic heterocycles. The van der Waals surface area contributed by atoms with E-state index in [2.05, 4.69) is 4.72 Å². The van der Waals surface area contributed by atoms with E-state index in [9.17, 15) is 13.2 Å². The third-order valence-electron chi connectivity index (χ3n) is 4.77. The van der Waals surface area contributed by atoms with E-state index in [1.165, 1.54) is 20.3 Å². The standard InChI is InChI=1S/C20H24N2O5S/c1-14-4-6-16(7-5-14)22-13-15(10-20(22)23)12-21-28(24,25)19-11-17(26-2)8-9-18(19)27-3/h4-9,11,15,21H,10,12-13H2,1-3H3/t15-/m0/s1. The van der Waals surface area contributed by atoms with Crippen LogP contribution in [0.25, 0.3) is 0 Å². The van der Waals surface area contributed by atoms with Crippen molar-refractivity contribution >= 4 is 21.6 Å². The molecule has 150 valence electrons. The zero-order chi connectivity index (χ0) is 20.3. The van der Waals surface area contributed by atoms with Gasteiger partial charge in [0.2, 0.25) is 15.9 Å². The first-order valence-electron chi connectivity index (χ1n) is 8.93. The molecule has 0 bridgehead atoms. The maximum absolute atomic E-state index is 12.8. The van der Waals surface area contributed by atoms with Gasteiger partial charge in [0.05, 0.1) is 14.2 Å². The predicted molar refractivity (Wildman–Crippen MR) is 106 cm³/mol. The summed E-state index contributed by atoms with van der Waals surface area (Å²) in [7, 11) is -0.933. The maximum Gasteiger partial charge on any atom is 0.244 e. The Morgan fingerprint density at radius 2 is 1.82 bits per heavy atom. The van der Waals surface area contributed by atoms with Gasteiger partial charge < -0.3 is 14.4 Å². The number of sulfonamides is 1. The first-order valence-corrected chi connectivity index (χ1v) is 10.4. The Labute approximate surface area is 165 Å². The van der Waals surface area contributed by atoms with Crippen LogP contribution in [0.4, 0.5) is 5.69 Å². The van der Waals surface area contributed by atoms with E-state index < -0.39 is 10.0 Å². The van der Waals surface area contributed by atoms with Crippen molar-refractivity contribution in [2.24, 2.45) is 5.92 Å². The minimum atomic E-state index is -3.81. The average Bonchev–Trinajstić information content (AvgIpc) is 3.07. The number of carbonyl (C=O) groups is 1. The lowest BCUT2D eigenvalue weighted by Gasteiger charge is -2.17. The van der Waals surface area contributed by atoms with Crippen LogP contribution in [0, 0.1) is 12.8 Å². The molecule has 0 aliphatic carbocycles. The lowest BCUT2D eigenvalue weighted by Crippen LogP contribution is -2.31. The molecule has 1 heterocycles. The molecule has 0 spiro atoms. The fraction of sp³-hybridized carbons (Fsp3) is 0.350. The van der Waals surface area contributed by atoms with Crippen molar-refractivity contribution in [3.63, 3.8) is 0 Å². The van der Waals surface area contributed by atoms with Gasteiger partial charge in [0, 0.05) is 31.3 Å². The Kier molecular flexibility index (Phi) is 5.90. The number of methoxy groups -OCH3 is 2. The van der Waals surface area contributed by atoms with Gasteiger partial charge in [-0.15, -0.1) is 0 Å². The maximum atomic E-state index is 12.8. The van der Waals surface area contributed by atoms with Crippen molar-refractivity contribution in [1.82, 2.24) is 4.72 Å². The Hall–Kier alpha value is -2.58. The SMILES string of the molecule is COc1ccc(OC)c(S(=O)(=O)NC[C@@H]2CC(=O)N(c3ccc(C)cc3)C2)c1. The topological polar surface area (TPSA) is 84.9 Å². The van der Waals surface area contributed by atoms with Crippen molar-refractivity contribution in [2.45, 2.75) is 18.2 Å². The zero-order valence-corrected chi connectivity index (χ0v) is 17.0. The Morgan fingerprint density at radius 1 is 1.11 bits per heavy atom. The molecule has 0 radical (unpaired) electrons. The highest BCUT2D eigenvalue weighted by atomic mass is 32.2. The lowest BCUT2D eigenvalue weighted by atomic mass is 10.1. The Bertz CT molecular complexity index is 957. The number of ether oxygens (including phenoxy) is 2. The number of aryl methyl sites for hydroxylation is 1. The summed E-state index contributed by atoms with van der Waals surface area (Å²) in [5, 5.41) is 0. The number of nitrogens with one attached hydrogen (secondary N) is 1. The monoisotopic (exact) mass is 404 g/mol. The highest BCUT2D eigenvalue weighted by molar-refractivity contribution is 7.89. The summed E-state index contributed by atoms with van der Waals surface area (Å²) >= 11 is 0. The molecule has 1 aliphatic rings. The van der Waals surface area contributed by atoms with Crippen molar-refractivity contribution in [1.29, 1.82) is 0 Å². The number of nitrogens with zero attached hydrogens (tertiary/aromatic N) is 1. The van der Waals surface area contributed by atoms with E-state index in [0.717, 1.165) is 11.3 Å². The number of anilines is 1. The van der Waals surface area contributed by atoms with Crippen molar-refractivity contribution in [3.8, 4) is 11.5 Å². The van der Waals surface area contributed by atoms with Crippen LogP contribution in [-0.2, 0) is 14.8 Å². The number of amides is 1. The van der Waals surface area contributed by atoms with Crippen LogP contribution in [0.5, 0.6) is 11.5 Å². The molecule has 0 saturated carbocycles. The van der Waals surface area contributed by atoms with Gasteiger partial charge >= 0.3 is 0 Å². The summed E-state index contributed by atoms with van der Waals surface area (Å²) in [6.07, 6.45) is 0.297. The Balaban J connectivity index is 1.70. The second-order valence-electron chi connectivity index (χ2n) is 6.78. The van der Waals surface area contributed by atoms with Crippen molar-refractivity contribution < 1.29 is 22.7 Å².